The predicted molar refractivity (Wildman–Crippen MR) is 119 cm³/mol. The molecule has 1 unspecified atom stereocenters. The standard InChI is InChI=1S/C22H21BClN3O5/c1-21(2)22(3,4)32-23(31-21)17-8-5-12(11-25-17)18-26-19(30-27-18)15-10-13-9-14(24)6-7-16(13)29-20(15)28/h5-11,20,28H,1-4H3. The van der Waals surface area contributed by atoms with E-state index in [0.717, 1.165) is 0 Å². The molecule has 0 aliphatic carbocycles. The zero-order valence-electron chi connectivity index (χ0n) is 18.0. The van der Waals surface area contributed by atoms with E-state index in [2.05, 4.69) is 15.1 Å². The second kappa shape index (κ2) is 7.42. The van der Waals surface area contributed by atoms with Gasteiger partial charge in [-0.25, -0.2) is 0 Å². The van der Waals surface area contributed by atoms with Crippen molar-refractivity contribution in [2.24, 2.45) is 0 Å². The van der Waals surface area contributed by atoms with Crippen molar-refractivity contribution in [2.45, 2.75) is 45.2 Å². The molecule has 5 rings (SSSR count). The highest BCUT2D eigenvalue weighted by atomic mass is 35.5. The molecular formula is C22H21BClN3O5. The summed E-state index contributed by atoms with van der Waals surface area (Å²) in [5.74, 6) is 0.999. The average molecular weight is 454 g/mol. The zero-order chi connectivity index (χ0) is 22.7. The van der Waals surface area contributed by atoms with Crippen molar-refractivity contribution in [1.29, 1.82) is 0 Å². The lowest BCUT2D eigenvalue weighted by Crippen LogP contribution is -2.41. The Morgan fingerprint density at radius 1 is 1.06 bits per heavy atom. The number of aliphatic hydroxyl groups is 1. The van der Waals surface area contributed by atoms with Crippen LogP contribution in [-0.4, -0.2) is 44.8 Å². The molecule has 2 aliphatic rings. The largest absolute Gasteiger partial charge is 0.514 e. The normalized spacial score (nSPS) is 21.1. The molecule has 3 aromatic rings. The summed E-state index contributed by atoms with van der Waals surface area (Å²) in [6.45, 7) is 7.97. The van der Waals surface area contributed by atoms with Crippen LogP contribution in [0, 0.1) is 0 Å². The number of pyridine rings is 1. The third-order valence-electron chi connectivity index (χ3n) is 6.00. The number of nitrogens with zero attached hydrogens (tertiary/aromatic N) is 3. The van der Waals surface area contributed by atoms with Gasteiger partial charge in [0.05, 0.1) is 22.4 Å². The third kappa shape index (κ3) is 3.61. The number of hydrogen-bond acceptors (Lipinski definition) is 8. The van der Waals surface area contributed by atoms with Crippen molar-refractivity contribution < 1.29 is 23.7 Å². The number of aliphatic hydroxyl groups excluding tert-OH is 1. The Balaban J connectivity index is 1.39. The van der Waals surface area contributed by atoms with E-state index in [0.29, 0.717) is 38.9 Å². The molecule has 4 heterocycles. The second-order valence-corrected chi connectivity index (χ2v) is 9.17. The summed E-state index contributed by atoms with van der Waals surface area (Å²) >= 11 is 6.06. The molecule has 10 heteroatoms. The van der Waals surface area contributed by atoms with E-state index in [-0.39, 0.29) is 5.89 Å². The Kier molecular flexibility index (Phi) is 4.90. The fourth-order valence-electron chi connectivity index (χ4n) is 3.43. The lowest BCUT2D eigenvalue weighted by Gasteiger charge is -2.32. The van der Waals surface area contributed by atoms with Gasteiger partial charge in [0.2, 0.25) is 12.1 Å². The van der Waals surface area contributed by atoms with Gasteiger partial charge in [0, 0.05) is 22.3 Å². The van der Waals surface area contributed by atoms with Crippen molar-refractivity contribution in [3.8, 4) is 17.1 Å². The molecule has 1 atom stereocenters. The molecule has 0 amide bonds. The maximum atomic E-state index is 10.4. The van der Waals surface area contributed by atoms with Crippen molar-refractivity contribution in [1.82, 2.24) is 15.1 Å². The Labute approximate surface area is 190 Å². The van der Waals surface area contributed by atoms with Gasteiger partial charge in [-0.15, -0.1) is 0 Å². The summed E-state index contributed by atoms with van der Waals surface area (Å²) < 4.78 is 23.0. The van der Waals surface area contributed by atoms with Crippen LogP contribution in [0.3, 0.4) is 0 Å². The van der Waals surface area contributed by atoms with Crippen LogP contribution >= 0.6 is 11.6 Å². The minimum atomic E-state index is -1.24. The van der Waals surface area contributed by atoms with Crippen LogP contribution in [0.15, 0.2) is 41.1 Å². The maximum Gasteiger partial charge on any atom is 0.514 e. The molecule has 0 spiro atoms. The summed E-state index contributed by atoms with van der Waals surface area (Å²) in [5, 5.41) is 14.9. The van der Waals surface area contributed by atoms with Gasteiger partial charge in [-0.1, -0.05) is 16.8 Å². The van der Waals surface area contributed by atoms with Gasteiger partial charge in [-0.2, -0.15) is 4.98 Å². The van der Waals surface area contributed by atoms with Crippen molar-refractivity contribution >= 4 is 36.0 Å². The molecule has 2 aromatic heterocycles. The van der Waals surface area contributed by atoms with Gasteiger partial charge < -0.3 is 23.7 Å². The number of halogens is 1. The average Bonchev–Trinajstić information content (AvgIpc) is 3.30. The minimum absolute atomic E-state index is 0.146. The first-order valence-electron chi connectivity index (χ1n) is 10.1. The smallest absolute Gasteiger partial charge is 0.460 e. The summed E-state index contributed by atoms with van der Waals surface area (Å²) in [6, 6.07) is 8.75. The monoisotopic (exact) mass is 453 g/mol. The number of fused-ring (bicyclic) bond motifs is 1. The van der Waals surface area contributed by atoms with E-state index in [9.17, 15) is 5.11 Å². The maximum absolute atomic E-state index is 10.4. The van der Waals surface area contributed by atoms with Gasteiger partial charge in [0.25, 0.3) is 5.89 Å². The molecule has 0 saturated carbocycles. The van der Waals surface area contributed by atoms with Crippen LogP contribution in [0.25, 0.3) is 23.0 Å². The molecular weight excluding hydrogens is 433 g/mol. The van der Waals surface area contributed by atoms with Gasteiger partial charge in [-0.05, 0) is 64.1 Å². The van der Waals surface area contributed by atoms with Crippen LogP contribution in [0.2, 0.25) is 5.02 Å². The molecule has 32 heavy (non-hydrogen) atoms. The number of aromatic nitrogens is 3. The molecule has 164 valence electrons. The first-order chi connectivity index (χ1) is 15.1. The lowest BCUT2D eigenvalue weighted by molar-refractivity contribution is 0.00578. The molecule has 1 N–H and O–H groups in total. The number of benzene rings is 1. The highest BCUT2D eigenvalue weighted by Crippen LogP contribution is 2.37. The fourth-order valence-corrected chi connectivity index (χ4v) is 3.61. The summed E-state index contributed by atoms with van der Waals surface area (Å²) in [7, 11) is -0.554. The quantitative estimate of drug-likeness (QED) is 0.603. The van der Waals surface area contributed by atoms with Crippen LogP contribution in [0.1, 0.15) is 39.1 Å². The van der Waals surface area contributed by atoms with Crippen molar-refractivity contribution in [2.75, 3.05) is 0 Å². The van der Waals surface area contributed by atoms with E-state index in [1.54, 1.807) is 30.5 Å². The van der Waals surface area contributed by atoms with Crippen LogP contribution in [-0.2, 0) is 9.31 Å². The Hall–Kier alpha value is -2.72. The molecule has 1 aromatic carbocycles. The van der Waals surface area contributed by atoms with E-state index in [1.165, 1.54) is 0 Å². The van der Waals surface area contributed by atoms with Crippen molar-refractivity contribution in [3.63, 3.8) is 0 Å². The molecule has 1 fully saturated rings. The number of rotatable bonds is 3. The van der Waals surface area contributed by atoms with E-state index in [1.807, 2.05) is 39.8 Å². The Morgan fingerprint density at radius 2 is 1.81 bits per heavy atom. The topological polar surface area (TPSA) is 99.7 Å². The highest BCUT2D eigenvalue weighted by Gasteiger charge is 2.52. The molecule has 0 bridgehead atoms. The first kappa shape index (κ1) is 21.1. The SMILES string of the molecule is CC1(C)OB(c2ccc(-c3noc(C4=Cc5cc(Cl)ccc5OC4O)n3)cn2)OC1(C)C. The molecule has 0 radical (unpaired) electrons. The summed E-state index contributed by atoms with van der Waals surface area (Å²) in [5.41, 5.74) is 1.48. The zero-order valence-corrected chi connectivity index (χ0v) is 18.8. The Bertz CT molecular complexity index is 1190. The van der Waals surface area contributed by atoms with E-state index < -0.39 is 24.6 Å². The predicted octanol–water partition coefficient (Wildman–Crippen LogP) is 3.34. The molecule has 2 aliphatic heterocycles. The van der Waals surface area contributed by atoms with Crippen molar-refractivity contribution in [3.05, 3.63) is 53.0 Å². The minimum Gasteiger partial charge on any atom is -0.460 e. The fraction of sp³-hybridized carbons (Fsp3) is 0.318. The summed E-state index contributed by atoms with van der Waals surface area (Å²) in [4.78, 5) is 8.87. The highest BCUT2D eigenvalue weighted by molar-refractivity contribution is 6.61. The number of ether oxygens (including phenoxy) is 1. The van der Waals surface area contributed by atoms with E-state index >= 15 is 0 Å². The van der Waals surface area contributed by atoms with E-state index in [4.69, 9.17) is 30.2 Å². The lowest BCUT2D eigenvalue weighted by atomic mass is 9.84. The van der Waals surface area contributed by atoms with Gasteiger partial charge in [0.1, 0.15) is 5.75 Å². The second-order valence-electron chi connectivity index (χ2n) is 8.74. The van der Waals surface area contributed by atoms with Gasteiger partial charge in [-0.3, -0.25) is 4.98 Å². The van der Waals surface area contributed by atoms with Crippen LogP contribution < -0.4 is 10.3 Å². The third-order valence-corrected chi connectivity index (χ3v) is 6.23. The number of hydrogen-bond donors (Lipinski definition) is 1. The Morgan fingerprint density at radius 3 is 2.50 bits per heavy atom. The molecule has 1 saturated heterocycles. The van der Waals surface area contributed by atoms with Gasteiger partial charge in [0.15, 0.2) is 0 Å². The van der Waals surface area contributed by atoms with Gasteiger partial charge >= 0.3 is 7.12 Å². The summed E-state index contributed by atoms with van der Waals surface area (Å²) in [6.07, 6.45) is 2.11. The van der Waals surface area contributed by atoms with Crippen LogP contribution in [0.5, 0.6) is 5.75 Å². The van der Waals surface area contributed by atoms with Crippen LogP contribution in [0.4, 0.5) is 0 Å². The molecule has 8 nitrogen and oxygen atoms in total. The first-order valence-corrected chi connectivity index (χ1v) is 10.5.